The maximum Gasteiger partial charge on any atom is 0.261 e. The number of aryl methyl sites for hydroxylation is 1. The van der Waals surface area contributed by atoms with Crippen LogP contribution in [0.2, 0.25) is 0 Å². The number of nitrogens with zero attached hydrogens (tertiary/aromatic N) is 1. The van der Waals surface area contributed by atoms with Crippen molar-refractivity contribution in [3.05, 3.63) is 34.4 Å². The molecule has 66 valence electrons. The molecule has 0 saturated heterocycles. The first-order valence-electron chi connectivity index (χ1n) is 3.84. The van der Waals surface area contributed by atoms with Crippen LogP contribution in [0.1, 0.15) is 11.3 Å². The Kier molecular flexibility index (Phi) is 1.55. The largest absolute Gasteiger partial charge is 0.355 e. The zero-order chi connectivity index (χ0) is 9.42. The number of pyridine rings is 1. The number of aromatic amines is 1. The van der Waals surface area contributed by atoms with Crippen molar-refractivity contribution in [1.82, 2.24) is 10.1 Å². The lowest BCUT2D eigenvalue weighted by molar-refractivity contribution is 0.450. The van der Waals surface area contributed by atoms with E-state index in [1.165, 1.54) is 0 Å². The van der Waals surface area contributed by atoms with Gasteiger partial charge in [0.2, 0.25) is 0 Å². The quantitative estimate of drug-likeness (QED) is 0.715. The Bertz CT molecular complexity index is 522. The molecule has 13 heavy (non-hydrogen) atoms. The number of H-pyrrole nitrogens is 1. The van der Waals surface area contributed by atoms with E-state index < -0.39 is 0 Å². The Balaban J connectivity index is 3.03. The highest BCUT2D eigenvalue weighted by Crippen LogP contribution is 2.17. The fourth-order valence-electron chi connectivity index (χ4n) is 1.27. The van der Waals surface area contributed by atoms with Crippen LogP contribution < -0.4 is 5.56 Å². The Morgan fingerprint density at radius 1 is 1.69 bits per heavy atom. The van der Waals surface area contributed by atoms with Gasteiger partial charge in [-0.25, -0.2) is 0 Å². The van der Waals surface area contributed by atoms with Crippen molar-refractivity contribution in [3.8, 4) is 0 Å². The van der Waals surface area contributed by atoms with Crippen LogP contribution in [-0.4, -0.2) is 10.1 Å². The first-order chi connectivity index (χ1) is 6.24. The van der Waals surface area contributed by atoms with E-state index in [-0.39, 0.29) is 5.56 Å². The summed E-state index contributed by atoms with van der Waals surface area (Å²) >= 11 is 0. The molecule has 4 heteroatoms. The highest BCUT2D eigenvalue weighted by atomic mass is 16.5. The summed E-state index contributed by atoms with van der Waals surface area (Å²) in [4.78, 5) is 13.9. The summed E-state index contributed by atoms with van der Waals surface area (Å²) < 4.78 is 5.01. The summed E-state index contributed by atoms with van der Waals surface area (Å²) in [5.74, 6) is 0. The maximum atomic E-state index is 11.3. The van der Waals surface area contributed by atoms with E-state index in [4.69, 9.17) is 4.52 Å². The third kappa shape index (κ3) is 0.989. The van der Waals surface area contributed by atoms with Crippen LogP contribution in [0.4, 0.5) is 0 Å². The lowest BCUT2D eigenvalue weighted by Gasteiger charge is -1.91. The minimum absolute atomic E-state index is 0.181. The molecule has 2 rings (SSSR count). The number of hydrogen-bond donors (Lipinski definition) is 1. The third-order valence-electron chi connectivity index (χ3n) is 1.93. The minimum Gasteiger partial charge on any atom is -0.355 e. The Morgan fingerprint density at radius 3 is 3.15 bits per heavy atom. The lowest BCUT2D eigenvalue weighted by Crippen LogP contribution is -2.05. The average Bonchev–Trinajstić information content (AvgIpc) is 2.50. The second-order valence-corrected chi connectivity index (χ2v) is 2.75. The molecule has 0 unspecified atom stereocenters. The number of fused-ring (bicyclic) bond motifs is 1. The van der Waals surface area contributed by atoms with E-state index >= 15 is 0 Å². The molecule has 0 radical (unpaired) electrons. The van der Waals surface area contributed by atoms with E-state index in [2.05, 4.69) is 16.7 Å². The van der Waals surface area contributed by atoms with Crippen LogP contribution in [0.15, 0.2) is 22.1 Å². The molecule has 0 spiro atoms. The van der Waals surface area contributed by atoms with Crippen LogP contribution >= 0.6 is 0 Å². The van der Waals surface area contributed by atoms with Crippen LogP contribution in [0, 0.1) is 6.92 Å². The molecule has 1 N–H and O–H groups in total. The highest BCUT2D eigenvalue weighted by Gasteiger charge is 2.10. The van der Waals surface area contributed by atoms with Crippen molar-refractivity contribution in [2.75, 3.05) is 0 Å². The normalized spacial score (nSPS) is 10.5. The molecule has 0 saturated carbocycles. The van der Waals surface area contributed by atoms with Crippen molar-refractivity contribution >= 4 is 17.0 Å². The second kappa shape index (κ2) is 2.58. The SMILES string of the molecule is C=Cc1c[nH]c(=O)c2c(C)noc12. The summed E-state index contributed by atoms with van der Waals surface area (Å²) in [5.41, 5.74) is 1.66. The number of aromatic nitrogens is 2. The summed E-state index contributed by atoms with van der Waals surface area (Å²) in [6.45, 7) is 5.34. The van der Waals surface area contributed by atoms with Crippen molar-refractivity contribution < 1.29 is 4.52 Å². The highest BCUT2D eigenvalue weighted by molar-refractivity contribution is 5.85. The summed E-state index contributed by atoms with van der Waals surface area (Å²) in [7, 11) is 0. The molecule has 4 nitrogen and oxygen atoms in total. The van der Waals surface area contributed by atoms with Crippen molar-refractivity contribution in [2.45, 2.75) is 6.92 Å². The van der Waals surface area contributed by atoms with Crippen LogP contribution in [-0.2, 0) is 0 Å². The van der Waals surface area contributed by atoms with Gasteiger partial charge in [-0.1, -0.05) is 17.8 Å². The number of nitrogens with one attached hydrogen (secondary N) is 1. The van der Waals surface area contributed by atoms with Crippen LogP contribution in [0.3, 0.4) is 0 Å². The smallest absolute Gasteiger partial charge is 0.261 e. The first kappa shape index (κ1) is 7.79. The zero-order valence-corrected chi connectivity index (χ0v) is 7.13. The Labute approximate surface area is 73.9 Å². The van der Waals surface area contributed by atoms with Gasteiger partial charge in [-0.05, 0) is 6.92 Å². The fraction of sp³-hybridized carbons (Fsp3) is 0.111. The van der Waals surface area contributed by atoms with E-state index in [1.807, 2.05) is 0 Å². The molecule has 0 aromatic carbocycles. The van der Waals surface area contributed by atoms with Gasteiger partial charge in [0, 0.05) is 11.8 Å². The molecule has 0 amide bonds. The van der Waals surface area contributed by atoms with Gasteiger partial charge in [-0.2, -0.15) is 0 Å². The van der Waals surface area contributed by atoms with Crippen LogP contribution in [0.5, 0.6) is 0 Å². The monoisotopic (exact) mass is 176 g/mol. The molecular weight excluding hydrogens is 168 g/mol. The molecule has 0 atom stereocenters. The van der Waals surface area contributed by atoms with Gasteiger partial charge in [0.25, 0.3) is 5.56 Å². The Hall–Kier alpha value is -1.84. The predicted octanol–water partition coefficient (Wildman–Crippen LogP) is 1.47. The third-order valence-corrected chi connectivity index (χ3v) is 1.93. The molecule has 2 aromatic heterocycles. The Morgan fingerprint density at radius 2 is 2.46 bits per heavy atom. The molecule has 0 aliphatic heterocycles. The average molecular weight is 176 g/mol. The molecule has 0 aliphatic rings. The van der Waals surface area contributed by atoms with Gasteiger partial charge < -0.3 is 9.51 Å². The lowest BCUT2D eigenvalue weighted by atomic mass is 10.2. The van der Waals surface area contributed by atoms with Crippen molar-refractivity contribution in [1.29, 1.82) is 0 Å². The van der Waals surface area contributed by atoms with Crippen LogP contribution in [0.25, 0.3) is 17.0 Å². The molecule has 2 heterocycles. The van der Waals surface area contributed by atoms with Gasteiger partial charge >= 0.3 is 0 Å². The van der Waals surface area contributed by atoms with Gasteiger partial charge in [0.05, 0.1) is 5.69 Å². The predicted molar refractivity (Wildman–Crippen MR) is 49.5 cm³/mol. The van der Waals surface area contributed by atoms with Gasteiger partial charge in [0.15, 0.2) is 5.58 Å². The summed E-state index contributed by atoms with van der Waals surface area (Å²) in [6, 6.07) is 0. The molecule has 0 bridgehead atoms. The van der Waals surface area contributed by atoms with E-state index in [0.29, 0.717) is 16.7 Å². The zero-order valence-electron chi connectivity index (χ0n) is 7.13. The summed E-state index contributed by atoms with van der Waals surface area (Å²) in [5, 5.41) is 4.22. The first-order valence-corrected chi connectivity index (χ1v) is 3.84. The molecular formula is C9H8N2O2. The molecule has 2 aromatic rings. The fourth-order valence-corrected chi connectivity index (χ4v) is 1.27. The van der Waals surface area contributed by atoms with Crippen molar-refractivity contribution in [2.24, 2.45) is 0 Å². The van der Waals surface area contributed by atoms with Gasteiger partial charge in [-0.3, -0.25) is 4.79 Å². The molecule has 0 aliphatic carbocycles. The topological polar surface area (TPSA) is 58.9 Å². The standard InChI is InChI=1S/C9H8N2O2/c1-3-6-4-10-9(12)7-5(2)11-13-8(6)7/h3-4H,1H2,2H3,(H,10,12). The van der Waals surface area contributed by atoms with Crippen molar-refractivity contribution in [3.63, 3.8) is 0 Å². The second-order valence-electron chi connectivity index (χ2n) is 2.75. The van der Waals surface area contributed by atoms with Gasteiger partial charge in [0.1, 0.15) is 5.39 Å². The number of hydrogen-bond acceptors (Lipinski definition) is 3. The van der Waals surface area contributed by atoms with Gasteiger partial charge in [-0.15, -0.1) is 0 Å². The summed E-state index contributed by atoms with van der Waals surface area (Å²) in [6.07, 6.45) is 3.17. The minimum atomic E-state index is -0.181. The van der Waals surface area contributed by atoms with E-state index in [0.717, 1.165) is 5.56 Å². The van der Waals surface area contributed by atoms with E-state index in [9.17, 15) is 4.79 Å². The van der Waals surface area contributed by atoms with E-state index in [1.54, 1.807) is 19.2 Å². The molecule has 0 fully saturated rings. The maximum absolute atomic E-state index is 11.3. The number of rotatable bonds is 1.